The maximum Gasteiger partial charge on any atom is 0.164 e. The monoisotopic (exact) mass is 737 g/mol. The van der Waals surface area contributed by atoms with Crippen LogP contribution in [0.1, 0.15) is 19.7 Å². The molecule has 3 aromatic heterocycles. The molecule has 2 atom stereocenters. The summed E-state index contributed by atoms with van der Waals surface area (Å²) < 4.78 is 63.7. The van der Waals surface area contributed by atoms with Gasteiger partial charge in [-0.15, -0.1) is 0 Å². The molecule has 6 nitrogen and oxygen atoms in total. The van der Waals surface area contributed by atoms with E-state index in [9.17, 15) is 5.48 Å². The molecule has 268 valence electrons. The van der Waals surface area contributed by atoms with Gasteiger partial charge in [0.05, 0.1) is 31.0 Å². The van der Waals surface area contributed by atoms with Crippen LogP contribution in [0.25, 0.3) is 83.6 Å². The van der Waals surface area contributed by atoms with E-state index >= 15 is 0 Å². The van der Waals surface area contributed by atoms with Crippen LogP contribution in [0.2, 0.25) is 0 Å². The number of nitrogens with zero attached hydrogens (tertiary/aromatic N) is 5. The predicted octanol–water partition coefficient (Wildman–Crippen LogP) is 12.6. The third-order valence-corrected chi connectivity index (χ3v) is 11.0. The second kappa shape index (κ2) is 12.5. The quantitative estimate of drug-likeness (QED) is 0.176. The fraction of sp³-hybridized carbons (Fsp3) is 0.0392. The number of anilines is 2. The minimum Gasteiger partial charge on any atom is -0.456 e. The van der Waals surface area contributed by atoms with Gasteiger partial charge >= 0.3 is 0 Å². The molecule has 1 aliphatic heterocycles. The first-order valence-corrected chi connectivity index (χ1v) is 18.9. The van der Waals surface area contributed by atoms with Crippen molar-refractivity contribution in [3.8, 4) is 39.9 Å². The normalized spacial score (nSPS) is 17.7. The summed E-state index contributed by atoms with van der Waals surface area (Å²) in [6.07, 6.45) is 3.32. The summed E-state index contributed by atoms with van der Waals surface area (Å²) in [5.41, 5.74) is 7.42. The molecule has 0 spiro atoms. The summed E-state index contributed by atoms with van der Waals surface area (Å²) in [5, 5.41) is 2.55. The zero-order chi connectivity index (χ0) is 42.7. The van der Waals surface area contributed by atoms with E-state index in [1.807, 2.05) is 132 Å². The maximum absolute atomic E-state index is 9.64. The average molecular weight is 738 g/mol. The lowest BCUT2D eigenvalue weighted by Crippen LogP contribution is -2.28. The van der Waals surface area contributed by atoms with Crippen LogP contribution in [0.3, 0.4) is 0 Å². The van der Waals surface area contributed by atoms with Crippen LogP contribution in [-0.2, 0) is 0 Å². The zero-order valence-electron chi connectivity index (χ0n) is 36.2. The molecule has 0 radical (unpaired) electrons. The van der Waals surface area contributed by atoms with Crippen LogP contribution >= 0.6 is 0 Å². The van der Waals surface area contributed by atoms with Gasteiger partial charge in [0.2, 0.25) is 0 Å². The molecule has 0 saturated heterocycles. The lowest BCUT2D eigenvalue weighted by molar-refractivity contribution is 0.669. The van der Waals surface area contributed by atoms with Gasteiger partial charge in [-0.1, -0.05) is 146 Å². The van der Waals surface area contributed by atoms with Gasteiger partial charge < -0.3 is 13.9 Å². The molecule has 1 aliphatic carbocycles. The first-order valence-electron chi connectivity index (χ1n) is 21.9. The number of rotatable bonds is 5. The van der Waals surface area contributed by atoms with Gasteiger partial charge in [0.1, 0.15) is 11.2 Å². The van der Waals surface area contributed by atoms with Crippen LogP contribution < -0.4 is 4.90 Å². The van der Waals surface area contributed by atoms with Crippen molar-refractivity contribution in [3.05, 3.63) is 194 Å². The molecular weight excluding hydrogens is 699 g/mol. The van der Waals surface area contributed by atoms with E-state index in [0.717, 1.165) is 33.2 Å². The number of hydrogen-bond donors (Lipinski definition) is 0. The highest BCUT2D eigenvalue weighted by atomic mass is 16.3. The molecule has 0 fully saturated rings. The van der Waals surface area contributed by atoms with Crippen LogP contribution in [0.4, 0.5) is 11.4 Å². The molecule has 2 aliphatic rings. The Morgan fingerprint density at radius 2 is 1.33 bits per heavy atom. The number of fused-ring (bicyclic) bond motifs is 10. The van der Waals surface area contributed by atoms with Crippen molar-refractivity contribution in [1.29, 1.82) is 0 Å². The number of benzene rings is 7. The van der Waals surface area contributed by atoms with Crippen molar-refractivity contribution < 1.29 is 12.6 Å². The van der Waals surface area contributed by atoms with Gasteiger partial charge in [-0.25, -0.2) is 15.0 Å². The number of aromatic nitrogens is 4. The topological polar surface area (TPSA) is 60.0 Å². The van der Waals surface area contributed by atoms with Crippen molar-refractivity contribution in [2.45, 2.75) is 12.0 Å². The van der Waals surface area contributed by atoms with Crippen molar-refractivity contribution in [2.24, 2.45) is 0 Å². The summed E-state index contributed by atoms with van der Waals surface area (Å²) in [6.45, 7) is 0. The van der Waals surface area contributed by atoms with E-state index in [2.05, 4.69) is 4.90 Å². The van der Waals surface area contributed by atoms with Crippen LogP contribution in [0.5, 0.6) is 0 Å². The van der Waals surface area contributed by atoms with E-state index in [0.29, 0.717) is 67.4 Å². The molecular formula is C51H33N5O. The molecule has 10 aromatic rings. The van der Waals surface area contributed by atoms with Gasteiger partial charge in [-0.2, -0.15) is 0 Å². The Morgan fingerprint density at radius 3 is 2.11 bits per heavy atom. The Morgan fingerprint density at radius 1 is 0.596 bits per heavy atom. The summed E-state index contributed by atoms with van der Waals surface area (Å²) in [5.74, 6) is 0.941. The van der Waals surface area contributed by atoms with Crippen molar-refractivity contribution >= 4 is 55.1 Å². The Labute approximate surface area is 336 Å². The molecule has 12 rings (SSSR count). The molecule has 6 heteroatoms. The fourth-order valence-corrected chi connectivity index (χ4v) is 8.56. The maximum atomic E-state index is 9.64. The largest absolute Gasteiger partial charge is 0.456 e. The van der Waals surface area contributed by atoms with E-state index in [1.165, 1.54) is 6.07 Å². The van der Waals surface area contributed by atoms with Gasteiger partial charge in [-0.05, 0) is 48.0 Å². The van der Waals surface area contributed by atoms with E-state index in [1.54, 1.807) is 18.2 Å². The molecule has 0 saturated carbocycles. The fourth-order valence-electron chi connectivity index (χ4n) is 8.56. The molecule has 7 aromatic carbocycles. The molecule has 4 heterocycles. The smallest absolute Gasteiger partial charge is 0.164 e. The average Bonchev–Trinajstić information content (AvgIpc) is 3.97. The molecule has 0 bridgehead atoms. The first kappa shape index (κ1) is 26.3. The summed E-state index contributed by atoms with van der Waals surface area (Å²) >= 11 is 0. The van der Waals surface area contributed by atoms with Gasteiger partial charge in [0.15, 0.2) is 17.5 Å². The summed E-state index contributed by atoms with van der Waals surface area (Å²) in [4.78, 5) is 17.1. The van der Waals surface area contributed by atoms with Crippen LogP contribution in [-0.4, -0.2) is 25.6 Å². The Bertz CT molecular complexity index is 3550. The van der Waals surface area contributed by atoms with Gasteiger partial charge in [-0.3, -0.25) is 0 Å². The van der Waals surface area contributed by atoms with Crippen molar-refractivity contribution in [3.63, 3.8) is 0 Å². The highest BCUT2D eigenvalue weighted by Crippen LogP contribution is 2.53. The number of allylic oxidation sites excluding steroid dienone is 2. The molecule has 2 unspecified atom stereocenters. The lowest BCUT2D eigenvalue weighted by atomic mass is 9.91. The van der Waals surface area contributed by atoms with E-state index in [-0.39, 0.29) is 36.3 Å². The molecule has 57 heavy (non-hydrogen) atoms. The van der Waals surface area contributed by atoms with Crippen molar-refractivity contribution in [2.75, 3.05) is 4.90 Å². The zero-order valence-corrected chi connectivity index (χ0v) is 30.2. The van der Waals surface area contributed by atoms with Gasteiger partial charge in [0, 0.05) is 55.5 Å². The van der Waals surface area contributed by atoms with Crippen LogP contribution in [0, 0.1) is 0 Å². The summed E-state index contributed by atoms with van der Waals surface area (Å²) in [6, 6.07) is 44.1. The Hall–Kier alpha value is -7.57. The standard InChI is InChI=1S/C51H33N5O/c1-4-15-32(16-5-1)49-52-50(33-17-6-2-7-18-33)54-51(53-49)40-23-14-26-45-46(40)41-31-35(27-30-44(41)57-45)56-43-25-13-11-22-37(43)39-29-28-38-36-21-10-12-24-42(36)55(47(38)48(39)56)34-19-8-3-9-20-34/h1-31,37,43H/i10D,11D,24D,25D,28D,29D. The minimum absolute atomic E-state index is 0.0156. The lowest BCUT2D eigenvalue weighted by Gasteiger charge is -2.29. The summed E-state index contributed by atoms with van der Waals surface area (Å²) in [7, 11) is 0. The molecule has 0 N–H and O–H groups in total. The first-order chi connectivity index (χ1) is 30.7. The number of furan rings is 1. The third-order valence-electron chi connectivity index (χ3n) is 11.0. The van der Waals surface area contributed by atoms with Gasteiger partial charge in [0.25, 0.3) is 0 Å². The predicted molar refractivity (Wildman–Crippen MR) is 231 cm³/mol. The Kier molecular flexibility index (Phi) is 5.75. The second-order valence-corrected chi connectivity index (χ2v) is 14.3. The second-order valence-electron chi connectivity index (χ2n) is 14.3. The van der Waals surface area contributed by atoms with Crippen molar-refractivity contribution in [1.82, 2.24) is 19.5 Å². The van der Waals surface area contributed by atoms with Crippen LogP contribution in [0.15, 0.2) is 192 Å². The number of hydrogen-bond acceptors (Lipinski definition) is 5. The Balaban J connectivity index is 1.15. The third kappa shape index (κ3) is 4.87. The highest BCUT2D eigenvalue weighted by molar-refractivity contribution is 6.16. The van der Waals surface area contributed by atoms with E-state index < -0.39 is 12.0 Å². The molecule has 0 amide bonds. The van der Waals surface area contributed by atoms with E-state index in [4.69, 9.17) is 22.1 Å². The minimum atomic E-state index is -0.659. The number of para-hydroxylation sites is 2. The SMILES string of the molecule is [2H]C1=CC2c3c([2H])c([2H])c4c5cc([2H])cc([2H])c5n(-c5ccccc5)c4c3N(c3ccc4oc5cccc(-c6nc(-c7ccccc7)nc(-c7ccccc7)n6)c5c4c3)C2C([2H])=C1. The highest BCUT2D eigenvalue weighted by Gasteiger charge is 2.40.